The first-order valence-electron chi connectivity index (χ1n) is 7.99. The van der Waals surface area contributed by atoms with Gasteiger partial charge in [-0.15, -0.1) is 0 Å². The van der Waals surface area contributed by atoms with Gasteiger partial charge in [0.15, 0.2) is 0 Å². The highest BCUT2D eigenvalue weighted by Crippen LogP contribution is 2.29. The number of rotatable bonds is 6. The molecular formula is C18H26O3. The van der Waals surface area contributed by atoms with Crippen molar-refractivity contribution in [1.82, 2.24) is 0 Å². The average Bonchev–Trinajstić information content (AvgIpc) is 2.46. The molecule has 1 N–H and O–H groups in total. The highest BCUT2D eigenvalue weighted by molar-refractivity contribution is 5.70. The fourth-order valence-corrected chi connectivity index (χ4v) is 3.07. The van der Waals surface area contributed by atoms with Gasteiger partial charge in [0, 0.05) is 0 Å². The second kappa shape index (κ2) is 7.48. The minimum absolute atomic E-state index is 0.180. The molecule has 116 valence electrons. The number of carbonyl (C=O) groups is 1. The van der Waals surface area contributed by atoms with Gasteiger partial charge in [-0.2, -0.15) is 0 Å². The van der Waals surface area contributed by atoms with Crippen LogP contribution in [0, 0.1) is 17.8 Å². The van der Waals surface area contributed by atoms with E-state index < -0.39 is 5.97 Å². The Hall–Kier alpha value is -1.51. The molecule has 0 saturated heterocycles. The lowest BCUT2D eigenvalue weighted by molar-refractivity contribution is -0.143. The summed E-state index contributed by atoms with van der Waals surface area (Å²) in [5, 5.41) is 9.10. The molecule has 0 radical (unpaired) electrons. The first-order valence-corrected chi connectivity index (χ1v) is 7.99. The van der Waals surface area contributed by atoms with Crippen LogP contribution in [0.15, 0.2) is 24.3 Å². The van der Waals surface area contributed by atoms with Crippen LogP contribution >= 0.6 is 0 Å². The molecule has 0 unspecified atom stereocenters. The van der Waals surface area contributed by atoms with E-state index in [0.29, 0.717) is 18.4 Å². The fraction of sp³-hybridized carbons (Fsp3) is 0.611. The van der Waals surface area contributed by atoms with Crippen LogP contribution in [0.25, 0.3) is 0 Å². The molecule has 3 heteroatoms. The van der Waals surface area contributed by atoms with Crippen molar-refractivity contribution in [3.05, 3.63) is 29.8 Å². The zero-order valence-electron chi connectivity index (χ0n) is 13.0. The van der Waals surface area contributed by atoms with Crippen molar-refractivity contribution in [2.45, 2.75) is 46.0 Å². The predicted octanol–water partition coefficient (Wildman–Crippen LogP) is 4.15. The molecule has 0 bridgehead atoms. The normalized spacial score (nSPS) is 22.2. The summed E-state index contributed by atoms with van der Waals surface area (Å²) in [4.78, 5) is 11.1. The smallest absolute Gasteiger partial charge is 0.306 e. The van der Waals surface area contributed by atoms with Crippen molar-refractivity contribution in [2.24, 2.45) is 17.8 Å². The van der Waals surface area contributed by atoms with E-state index in [0.717, 1.165) is 37.9 Å². The summed E-state index contributed by atoms with van der Waals surface area (Å²) >= 11 is 0. The number of ether oxygens (including phenoxy) is 1. The largest absolute Gasteiger partial charge is 0.493 e. The monoisotopic (exact) mass is 290 g/mol. The maximum atomic E-state index is 11.1. The van der Waals surface area contributed by atoms with Crippen molar-refractivity contribution in [1.29, 1.82) is 0 Å². The molecule has 0 spiro atoms. The molecule has 0 amide bonds. The van der Waals surface area contributed by atoms with E-state index in [9.17, 15) is 4.79 Å². The molecule has 1 aliphatic carbocycles. The molecule has 1 aliphatic rings. The Labute approximate surface area is 127 Å². The van der Waals surface area contributed by atoms with E-state index in [1.165, 1.54) is 5.56 Å². The third-order valence-corrected chi connectivity index (χ3v) is 4.19. The van der Waals surface area contributed by atoms with Gasteiger partial charge in [-0.05, 0) is 55.2 Å². The van der Waals surface area contributed by atoms with Gasteiger partial charge in [0.2, 0.25) is 0 Å². The summed E-state index contributed by atoms with van der Waals surface area (Å²) in [6.07, 6.45) is 4.73. The molecule has 2 atom stereocenters. The van der Waals surface area contributed by atoms with Crippen LogP contribution in [-0.2, 0) is 11.2 Å². The minimum Gasteiger partial charge on any atom is -0.493 e. The van der Waals surface area contributed by atoms with Crippen LogP contribution in [0.1, 0.15) is 45.1 Å². The summed E-state index contributed by atoms with van der Waals surface area (Å²) in [5.74, 6) is 1.08. The summed E-state index contributed by atoms with van der Waals surface area (Å²) in [7, 11) is 0. The van der Waals surface area contributed by atoms with E-state index >= 15 is 0 Å². The van der Waals surface area contributed by atoms with Crippen molar-refractivity contribution < 1.29 is 14.6 Å². The van der Waals surface area contributed by atoms with Gasteiger partial charge >= 0.3 is 5.97 Å². The summed E-state index contributed by atoms with van der Waals surface area (Å²) in [5.41, 5.74) is 1.33. The highest BCUT2D eigenvalue weighted by Gasteiger charge is 2.27. The van der Waals surface area contributed by atoms with E-state index in [2.05, 4.69) is 26.0 Å². The molecule has 0 heterocycles. The van der Waals surface area contributed by atoms with Gasteiger partial charge in [0.25, 0.3) is 0 Å². The second-order valence-corrected chi connectivity index (χ2v) is 6.62. The number of carboxylic acid groups (broad SMARTS) is 1. The molecular weight excluding hydrogens is 264 g/mol. The van der Waals surface area contributed by atoms with Crippen LogP contribution < -0.4 is 4.74 Å². The maximum absolute atomic E-state index is 11.1. The predicted molar refractivity (Wildman–Crippen MR) is 83.6 cm³/mol. The Balaban J connectivity index is 1.81. The van der Waals surface area contributed by atoms with Crippen molar-refractivity contribution in [3.63, 3.8) is 0 Å². The first kappa shape index (κ1) is 15.9. The standard InChI is InChI=1S/C18H26O3/c1-13(2)10-14-6-8-17(9-7-14)21-12-15-4-3-5-16(11-15)18(19)20/h6-9,13,15-16H,3-5,10-12H2,1-2H3,(H,19,20)/t15-,16+/m1/s1. The number of aliphatic carboxylic acids is 1. The Morgan fingerprint density at radius 1 is 1.29 bits per heavy atom. The molecule has 1 aromatic rings. The quantitative estimate of drug-likeness (QED) is 0.856. The topological polar surface area (TPSA) is 46.5 Å². The van der Waals surface area contributed by atoms with Gasteiger partial charge in [-0.25, -0.2) is 0 Å². The molecule has 2 rings (SSSR count). The van der Waals surface area contributed by atoms with E-state index in [4.69, 9.17) is 9.84 Å². The third-order valence-electron chi connectivity index (χ3n) is 4.19. The Morgan fingerprint density at radius 2 is 2.00 bits per heavy atom. The average molecular weight is 290 g/mol. The Bertz CT molecular complexity index is 450. The van der Waals surface area contributed by atoms with Crippen LogP contribution in [0.2, 0.25) is 0 Å². The summed E-state index contributed by atoms with van der Waals surface area (Å²) < 4.78 is 5.84. The van der Waals surface area contributed by atoms with Gasteiger partial charge in [0.05, 0.1) is 12.5 Å². The van der Waals surface area contributed by atoms with Crippen LogP contribution in [0.5, 0.6) is 5.75 Å². The van der Waals surface area contributed by atoms with Gasteiger partial charge < -0.3 is 9.84 Å². The summed E-state index contributed by atoms with van der Waals surface area (Å²) in [6.45, 7) is 5.06. The van der Waals surface area contributed by atoms with Crippen molar-refractivity contribution >= 4 is 5.97 Å². The lowest BCUT2D eigenvalue weighted by Gasteiger charge is -2.26. The number of carboxylic acids is 1. The second-order valence-electron chi connectivity index (χ2n) is 6.62. The van der Waals surface area contributed by atoms with Gasteiger partial charge in [-0.3, -0.25) is 4.79 Å². The van der Waals surface area contributed by atoms with Gasteiger partial charge in [0.1, 0.15) is 5.75 Å². The number of benzene rings is 1. The number of hydrogen-bond acceptors (Lipinski definition) is 2. The Kier molecular flexibility index (Phi) is 5.66. The molecule has 1 aromatic carbocycles. The van der Waals surface area contributed by atoms with Crippen molar-refractivity contribution in [3.8, 4) is 5.75 Å². The SMILES string of the molecule is CC(C)Cc1ccc(OC[C@@H]2CCC[C@H](C(=O)O)C2)cc1. The molecule has 21 heavy (non-hydrogen) atoms. The zero-order chi connectivity index (χ0) is 15.2. The van der Waals surface area contributed by atoms with E-state index in [1.807, 2.05) is 12.1 Å². The zero-order valence-corrected chi connectivity index (χ0v) is 13.0. The molecule has 0 aliphatic heterocycles. The van der Waals surface area contributed by atoms with Crippen molar-refractivity contribution in [2.75, 3.05) is 6.61 Å². The lowest BCUT2D eigenvalue weighted by atomic mass is 9.82. The first-order chi connectivity index (χ1) is 10.0. The van der Waals surface area contributed by atoms with Crippen LogP contribution in [0.3, 0.4) is 0 Å². The Morgan fingerprint density at radius 3 is 2.62 bits per heavy atom. The maximum Gasteiger partial charge on any atom is 0.306 e. The van der Waals surface area contributed by atoms with E-state index in [1.54, 1.807) is 0 Å². The lowest BCUT2D eigenvalue weighted by Crippen LogP contribution is -2.25. The highest BCUT2D eigenvalue weighted by atomic mass is 16.5. The minimum atomic E-state index is -0.655. The molecule has 1 fully saturated rings. The molecule has 3 nitrogen and oxygen atoms in total. The van der Waals surface area contributed by atoms with E-state index in [-0.39, 0.29) is 5.92 Å². The molecule has 0 aromatic heterocycles. The third kappa shape index (κ3) is 5.07. The fourth-order valence-electron chi connectivity index (χ4n) is 3.07. The number of hydrogen-bond donors (Lipinski definition) is 1. The van der Waals surface area contributed by atoms with Crippen LogP contribution in [0.4, 0.5) is 0 Å². The van der Waals surface area contributed by atoms with Crippen LogP contribution in [-0.4, -0.2) is 17.7 Å². The van der Waals surface area contributed by atoms with Gasteiger partial charge in [-0.1, -0.05) is 32.4 Å². The molecule has 1 saturated carbocycles. The summed E-state index contributed by atoms with van der Waals surface area (Å²) in [6, 6.07) is 8.29.